The van der Waals surface area contributed by atoms with Crippen LogP contribution in [0.1, 0.15) is 10.4 Å². The summed E-state index contributed by atoms with van der Waals surface area (Å²) in [7, 11) is -4.13. The fourth-order valence-corrected chi connectivity index (χ4v) is 4.94. The second-order valence-electron chi connectivity index (χ2n) is 7.55. The van der Waals surface area contributed by atoms with Crippen LogP contribution in [-0.4, -0.2) is 45.7 Å². The van der Waals surface area contributed by atoms with E-state index in [-0.39, 0.29) is 16.1 Å². The Morgan fingerprint density at radius 2 is 1.61 bits per heavy atom. The molecule has 3 aromatic rings. The number of nitrogens with zero attached hydrogens (tertiary/aromatic N) is 2. The van der Waals surface area contributed by atoms with Crippen molar-refractivity contribution in [2.24, 2.45) is 0 Å². The van der Waals surface area contributed by atoms with Gasteiger partial charge in [-0.2, -0.15) is 0 Å². The highest BCUT2D eigenvalue weighted by Gasteiger charge is 2.23. The number of halogens is 2. The molecule has 0 aliphatic carbocycles. The number of piperazine rings is 1. The summed E-state index contributed by atoms with van der Waals surface area (Å²) in [6, 6.07) is 16.5. The third-order valence-electron chi connectivity index (χ3n) is 5.41. The molecule has 172 valence electrons. The quantitative estimate of drug-likeness (QED) is 0.536. The third-order valence-corrected chi connectivity index (χ3v) is 7.02. The molecule has 1 saturated heterocycles. The van der Waals surface area contributed by atoms with E-state index in [0.29, 0.717) is 36.9 Å². The van der Waals surface area contributed by atoms with E-state index in [9.17, 15) is 22.7 Å². The Kier molecular flexibility index (Phi) is 6.44. The van der Waals surface area contributed by atoms with Crippen LogP contribution in [0.5, 0.6) is 0 Å². The van der Waals surface area contributed by atoms with Gasteiger partial charge in [0.05, 0.1) is 21.8 Å². The molecule has 7 nitrogen and oxygen atoms in total. The topological polar surface area (TPSA) is 89.9 Å². The second kappa shape index (κ2) is 9.29. The maximum Gasteiger partial charge on any atom is 0.335 e. The molecule has 1 aliphatic heterocycles. The lowest BCUT2D eigenvalue weighted by molar-refractivity contribution is 0.0697. The summed E-state index contributed by atoms with van der Waals surface area (Å²) < 4.78 is 41.8. The highest BCUT2D eigenvalue weighted by atomic mass is 35.5. The van der Waals surface area contributed by atoms with Gasteiger partial charge in [-0.1, -0.05) is 17.7 Å². The molecule has 0 amide bonds. The number of sulfonamides is 1. The summed E-state index contributed by atoms with van der Waals surface area (Å²) in [5, 5.41) is 10.0. The van der Waals surface area contributed by atoms with E-state index in [1.165, 1.54) is 24.3 Å². The van der Waals surface area contributed by atoms with Crippen LogP contribution in [0.15, 0.2) is 71.6 Å². The minimum Gasteiger partial charge on any atom is -0.478 e. The predicted octanol–water partition coefficient (Wildman–Crippen LogP) is 4.30. The Labute approximate surface area is 196 Å². The molecule has 0 unspecified atom stereocenters. The summed E-state index contributed by atoms with van der Waals surface area (Å²) in [6.07, 6.45) is 0. The Morgan fingerprint density at radius 3 is 2.24 bits per heavy atom. The fourth-order valence-electron chi connectivity index (χ4n) is 3.72. The highest BCUT2D eigenvalue weighted by Crippen LogP contribution is 2.31. The smallest absolute Gasteiger partial charge is 0.335 e. The van der Waals surface area contributed by atoms with Gasteiger partial charge in [0.1, 0.15) is 5.82 Å². The van der Waals surface area contributed by atoms with Crippen molar-refractivity contribution in [2.75, 3.05) is 40.7 Å². The van der Waals surface area contributed by atoms with Gasteiger partial charge < -0.3 is 14.9 Å². The largest absolute Gasteiger partial charge is 0.478 e. The number of hydrogen-bond acceptors (Lipinski definition) is 5. The summed E-state index contributed by atoms with van der Waals surface area (Å²) in [6.45, 7) is 2.53. The maximum atomic E-state index is 13.6. The van der Waals surface area contributed by atoms with Gasteiger partial charge in [0.15, 0.2) is 0 Å². The van der Waals surface area contributed by atoms with Crippen molar-refractivity contribution in [3.63, 3.8) is 0 Å². The van der Waals surface area contributed by atoms with Crippen LogP contribution in [-0.2, 0) is 10.0 Å². The van der Waals surface area contributed by atoms with Crippen molar-refractivity contribution in [1.29, 1.82) is 0 Å². The van der Waals surface area contributed by atoms with Crippen molar-refractivity contribution in [3.8, 4) is 0 Å². The molecule has 2 N–H and O–H groups in total. The van der Waals surface area contributed by atoms with Crippen LogP contribution < -0.4 is 14.5 Å². The van der Waals surface area contributed by atoms with Crippen LogP contribution in [0.3, 0.4) is 0 Å². The Balaban J connectivity index is 1.60. The first kappa shape index (κ1) is 22.9. The van der Waals surface area contributed by atoms with Crippen molar-refractivity contribution in [3.05, 3.63) is 83.1 Å². The van der Waals surface area contributed by atoms with E-state index in [1.807, 2.05) is 29.2 Å². The van der Waals surface area contributed by atoms with Gasteiger partial charge in [0.25, 0.3) is 10.0 Å². The molecule has 0 bridgehead atoms. The van der Waals surface area contributed by atoms with E-state index >= 15 is 0 Å². The average molecular weight is 490 g/mol. The van der Waals surface area contributed by atoms with E-state index in [4.69, 9.17) is 11.6 Å². The zero-order valence-electron chi connectivity index (χ0n) is 17.4. The highest BCUT2D eigenvalue weighted by molar-refractivity contribution is 7.92. The van der Waals surface area contributed by atoms with Gasteiger partial charge in [0.2, 0.25) is 0 Å². The molecular weight excluding hydrogens is 469 g/mol. The van der Waals surface area contributed by atoms with Crippen LogP contribution in [0.2, 0.25) is 5.02 Å². The monoisotopic (exact) mass is 489 g/mol. The molecule has 33 heavy (non-hydrogen) atoms. The lowest BCUT2D eigenvalue weighted by atomic mass is 10.1. The minimum atomic E-state index is -4.13. The SMILES string of the molecule is O=C(O)c1ccc(N2CCN(c3ccc(Cl)cc3)CC2)c(NS(=O)(=O)c2cccc(F)c2)c1. The molecule has 1 heterocycles. The molecule has 1 fully saturated rings. The van der Waals surface area contributed by atoms with Crippen molar-refractivity contribution >= 4 is 44.7 Å². The number of rotatable bonds is 6. The number of carboxylic acid groups (broad SMARTS) is 1. The number of benzene rings is 3. The minimum absolute atomic E-state index is 0.0597. The van der Waals surface area contributed by atoms with Crippen molar-refractivity contribution < 1.29 is 22.7 Å². The van der Waals surface area contributed by atoms with Gasteiger partial charge in [-0.25, -0.2) is 17.6 Å². The number of hydrogen-bond donors (Lipinski definition) is 2. The first-order chi connectivity index (χ1) is 15.7. The van der Waals surface area contributed by atoms with Gasteiger partial charge in [-0.3, -0.25) is 4.72 Å². The third kappa shape index (κ3) is 5.20. The molecule has 0 aromatic heterocycles. The predicted molar refractivity (Wildman–Crippen MR) is 126 cm³/mol. The van der Waals surface area contributed by atoms with Crippen LogP contribution in [0, 0.1) is 5.82 Å². The molecule has 10 heteroatoms. The fraction of sp³-hybridized carbons (Fsp3) is 0.174. The summed E-state index contributed by atoms with van der Waals surface area (Å²) in [4.78, 5) is 15.4. The van der Waals surface area contributed by atoms with Gasteiger partial charge in [-0.15, -0.1) is 0 Å². The number of anilines is 3. The Morgan fingerprint density at radius 1 is 0.939 bits per heavy atom. The van der Waals surface area contributed by atoms with Gasteiger partial charge >= 0.3 is 5.97 Å². The number of aromatic carboxylic acids is 1. The zero-order chi connectivity index (χ0) is 23.6. The first-order valence-electron chi connectivity index (χ1n) is 10.1. The molecule has 4 rings (SSSR count). The van der Waals surface area contributed by atoms with E-state index in [2.05, 4.69) is 9.62 Å². The molecule has 0 spiro atoms. The van der Waals surface area contributed by atoms with E-state index < -0.39 is 21.8 Å². The van der Waals surface area contributed by atoms with E-state index in [1.54, 1.807) is 6.07 Å². The summed E-state index contributed by atoms with van der Waals surface area (Å²) >= 11 is 5.97. The molecule has 0 atom stereocenters. The van der Waals surface area contributed by atoms with Crippen molar-refractivity contribution in [1.82, 2.24) is 0 Å². The first-order valence-corrected chi connectivity index (χ1v) is 12.0. The van der Waals surface area contributed by atoms with Crippen molar-refractivity contribution in [2.45, 2.75) is 4.90 Å². The van der Waals surface area contributed by atoms with Crippen LogP contribution in [0.4, 0.5) is 21.5 Å². The number of nitrogens with one attached hydrogen (secondary N) is 1. The van der Waals surface area contributed by atoms with Gasteiger partial charge in [-0.05, 0) is 60.7 Å². The number of carboxylic acids is 1. The second-order valence-corrected chi connectivity index (χ2v) is 9.67. The van der Waals surface area contributed by atoms with Crippen LogP contribution >= 0.6 is 11.6 Å². The molecule has 0 saturated carbocycles. The van der Waals surface area contributed by atoms with Crippen LogP contribution in [0.25, 0.3) is 0 Å². The van der Waals surface area contributed by atoms with Gasteiger partial charge in [0, 0.05) is 36.9 Å². The molecule has 1 aliphatic rings. The van der Waals surface area contributed by atoms with E-state index in [0.717, 1.165) is 17.8 Å². The lowest BCUT2D eigenvalue weighted by Crippen LogP contribution is -2.46. The summed E-state index contributed by atoms with van der Waals surface area (Å²) in [5.74, 6) is -1.86. The molecule has 0 radical (unpaired) electrons. The molecule has 3 aromatic carbocycles. The normalized spacial score (nSPS) is 14.2. The standard InChI is InChI=1S/C23H21ClFN3O4S/c24-17-5-7-19(8-6-17)27-10-12-28(13-11-27)22-9-4-16(23(29)30)14-21(22)26-33(31,32)20-3-1-2-18(25)15-20/h1-9,14-15,26H,10-13H2,(H,29,30). The average Bonchev–Trinajstić information content (AvgIpc) is 2.79. The zero-order valence-corrected chi connectivity index (χ0v) is 19.0. The lowest BCUT2D eigenvalue weighted by Gasteiger charge is -2.38. The number of carbonyl (C=O) groups is 1. The maximum absolute atomic E-state index is 13.6. The Hall–Kier alpha value is -3.30. The Bertz CT molecular complexity index is 1280. The molecular formula is C23H21ClFN3O4S. The summed E-state index contributed by atoms with van der Waals surface area (Å²) in [5.41, 5.74) is 1.65.